The maximum Gasteiger partial charge on any atom is 0.240 e. The third kappa shape index (κ3) is 3.05. The third-order valence-electron chi connectivity index (χ3n) is 3.14. The molecule has 0 aromatic heterocycles. The number of halogens is 1. The summed E-state index contributed by atoms with van der Waals surface area (Å²) < 4.78 is -0.550. The van der Waals surface area contributed by atoms with Gasteiger partial charge in [-0.1, -0.05) is 28.1 Å². The molecule has 0 unspecified atom stereocenters. The van der Waals surface area contributed by atoms with Crippen LogP contribution in [0.25, 0.3) is 0 Å². The average Bonchev–Trinajstić information content (AvgIpc) is 2.82. The quantitative estimate of drug-likeness (QED) is 0.868. The van der Waals surface area contributed by atoms with E-state index in [9.17, 15) is 4.79 Å². The minimum atomic E-state index is -0.550. The van der Waals surface area contributed by atoms with Crippen molar-refractivity contribution in [1.82, 2.24) is 0 Å². The van der Waals surface area contributed by atoms with E-state index in [0.29, 0.717) is 0 Å². The van der Waals surface area contributed by atoms with Crippen LogP contribution in [0.15, 0.2) is 24.3 Å². The minimum absolute atomic E-state index is 0.0193. The predicted octanol–water partition coefficient (Wildman–Crippen LogP) is 3.40. The van der Waals surface area contributed by atoms with Crippen molar-refractivity contribution in [3.63, 3.8) is 0 Å². The summed E-state index contributed by atoms with van der Waals surface area (Å²) in [6.45, 7) is 5.84. The molecule has 1 aliphatic rings. The average molecular weight is 311 g/mol. The number of para-hydroxylation sites is 2. The molecular formula is C14H19BrN2O. The summed E-state index contributed by atoms with van der Waals surface area (Å²) >= 11 is 3.38. The topological polar surface area (TPSA) is 32.3 Å². The smallest absolute Gasteiger partial charge is 0.240 e. The van der Waals surface area contributed by atoms with E-state index in [1.807, 2.05) is 32.0 Å². The first-order valence-electron chi connectivity index (χ1n) is 6.33. The number of carbonyl (C=O) groups excluding carboxylic acids is 1. The van der Waals surface area contributed by atoms with Crippen LogP contribution in [0.5, 0.6) is 0 Å². The van der Waals surface area contributed by atoms with E-state index in [-0.39, 0.29) is 5.91 Å². The normalized spacial score (nSPS) is 15.8. The molecule has 2 rings (SSSR count). The number of alkyl halides is 1. The Hall–Kier alpha value is -1.03. The minimum Gasteiger partial charge on any atom is -0.370 e. The molecule has 1 N–H and O–H groups in total. The number of hydrogen-bond acceptors (Lipinski definition) is 2. The van der Waals surface area contributed by atoms with Gasteiger partial charge >= 0.3 is 0 Å². The van der Waals surface area contributed by atoms with Gasteiger partial charge in [0.1, 0.15) is 0 Å². The maximum atomic E-state index is 12.0. The van der Waals surface area contributed by atoms with Crippen LogP contribution >= 0.6 is 15.9 Å². The molecule has 0 saturated carbocycles. The number of carbonyl (C=O) groups is 1. The maximum absolute atomic E-state index is 12.0. The van der Waals surface area contributed by atoms with Crippen LogP contribution in [0.2, 0.25) is 0 Å². The summed E-state index contributed by atoms with van der Waals surface area (Å²) in [5.41, 5.74) is 2.03. The van der Waals surface area contributed by atoms with Crippen molar-refractivity contribution < 1.29 is 4.79 Å². The Balaban J connectivity index is 2.20. The predicted molar refractivity (Wildman–Crippen MR) is 79.5 cm³/mol. The molecule has 1 aromatic rings. The summed E-state index contributed by atoms with van der Waals surface area (Å²) in [5.74, 6) is -0.0193. The molecule has 18 heavy (non-hydrogen) atoms. The van der Waals surface area contributed by atoms with E-state index >= 15 is 0 Å². The van der Waals surface area contributed by atoms with E-state index < -0.39 is 4.32 Å². The third-order valence-corrected chi connectivity index (χ3v) is 3.50. The van der Waals surface area contributed by atoms with Crippen LogP contribution in [0.4, 0.5) is 11.4 Å². The summed E-state index contributed by atoms with van der Waals surface area (Å²) in [6.07, 6.45) is 2.46. The monoisotopic (exact) mass is 310 g/mol. The Kier molecular flexibility index (Phi) is 3.95. The number of nitrogens with one attached hydrogen (secondary N) is 1. The van der Waals surface area contributed by atoms with Gasteiger partial charge in [0.2, 0.25) is 5.91 Å². The summed E-state index contributed by atoms with van der Waals surface area (Å²) in [4.78, 5) is 14.4. The fraction of sp³-hybridized carbons (Fsp3) is 0.500. The van der Waals surface area contributed by atoms with Crippen molar-refractivity contribution >= 4 is 33.2 Å². The highest BCUT2D eigenvalue weighted by Gasteiger charge is 2.25. The summed E-state index contributed by atoms with van der Waals surface area (Å²) in [7, 11) is 0. The highest BCUT2D eigenvalue weighted by molar-refractivity contribution is 9.10. The van der Waals surface area contributed by atoms with Gasteiger partial charge in [-0.05, 0) is 38.8 Å². The Bertz CT molecular complexity index is 434. The van der Waals surface area contributed by atoms with Crippen molar-refractivity contribution in [2.45, 2.75) is 31.0 Å². The van der Waals surface area contributed by atoms with Crippen molar-refractivity contribution in [1.29, 1.82) is 0 Å². The highest BCUT2D eigenvalue weighted by Crippen LogP contribution is 2.30. The number of benzene rings is 1. The molecule has 0 atom stereocenters. The standard InChI is InChI=1S/C14H19BrN2O/c1-14(2,15)13(18)16-11-7-3-4-8-12(11)17-9-5-6-10-17/h3-4,7-8H,5-6,9-10H2,1-2H3,(H,16,18). The zero-order valence-electron chi connectivity index (χ0n) is 10.9. The Morgan fingerprint density at radius 2 is 1.89 bits per heavy atom. The molecule has 98 valence electrons. The van der Waals surface area contributed by atoms with Gasteiger partial charge in [-0.3, -0.25) is 4.79 Å². The van der Waals surface area contributed by atoms with Gasteiger partial charge in [0, 0.05) is 13.1 Å². The van der Waals surface area contributed by atoms with Crippen molar-refractivity contribution in [2.75, 3.05) is 23.3 Å². The van der Waals surface area contributed by atoms with Crippen molar-refractivity contribution in [2.24, 2.45) is 0 Å². The zero-order valence-corrected chi connectivity index (χ0v) is 12.5. The van der Waals surface area contributed by atoms with Crippen LogP contribution in [0.3, 0.4) is 0 Å². The van der Waals surface area contributed by atoms with E-state index in [2.05, 4.69) is 32.2 Å². The van der Waals surface area contributed by atoms with Crippen LogP contribution in [-0.4, -0.2) is 23.3 Å². The molecule has 0 bridgehead atoms. The molecule has 1 aromatic carbocycles. The molecule has 0 radical (unpaired) electrons. The van der Waals surface area contributed by atoms with Gasteiger partial charge in [-0.2, -0.15) is 0 Å². The lowest BCUT2D eigenvalue weighted by molar-refractivity contribution is -0.117. The molecule has 0 spiro atoms. The lowest BCUT2D eigenvalue weighted by Crippen LogP contribution is -2.32. The second-order valence-corrected chi connectivity index (χ2v) is 7.12. The first kappa shape index (κ1) is 13.4. The lowest BCUT2D eigenvalue weighted by atomic mass is 10.2. The number of nitrogens with zero attached hydrogens (tertiary/aromatic N) is 1. The van der Waals surface area contributed by atoms with E-state index in [1.165, 1.54) is 12.8 Å². The largest absolute Gasteiger partial charge is 0.370 e. The molecule has 1 amide bonds. The SMILES string of the molecule is CC(C)(Br)C(=O)Nc1ccccc1N1CCCC1. The molecule has 1 aliphatic heterocycles. The second kappa shape index (κ2) is 5.31. The lowest BCUT2D eigenvalue weighted by Gasteiger charge is -2.23. The Morgan fingerprint density at radius 1 is 1.28 bits per heavy atom. The molecule has 3 nitrogen and oxygen atoms in total. The fourth-order valence-corrected chi connectivity index (χ4v) is 2.18. The molecular weight excluding hydrogens is 292 g/mol. The van der Waals surface area contributed by atoms with Gasteiger partial charge in [0.05, 0.1) is 15.7 Å². The van der Waals surface area contributed by atoms with E-state index in [0.717, 1.165) is 24.5 Å². The molecule has 4 heteroatoms. The first-order chi connectivity index (χ1) is 8.48. The van der Waals surface area contributed by atoms with Gasteiger partial charge in [0.15, 0.2) is 0 Å². The molecule has 1 fully saturated rings. The second-order valence-electron chi connectivity index (χ2n) is 5.14. The van der Waals surface area contributed by atoms with Crippen LogP contribution < -0.4 is 10.2 Å². The molecule has 0 aliphatic carbocycles. The van der Waals surface area contributed by atoms with Crippen LogP contribution in [0.1, 0.15) is 26.7 Å². The number of rotatable bonds is 3. The van der Waals surface area contributed by atoms with Crippen LogP contribution in [0, 0.1) is 0 Å². The van der Waals surface area contributed by atoms with E-state index in [1.54, 1.807) is 0 Å². The highest BCUT2D eigenvalue weighted by atomic mass is 79.9. The van der Waals surface area contributed by atoms with E-state index in [4.69, 9.17) is 0 Å². The molecule has 1 heterocycles. The van der Waals surface area contributed by atoms with Gasteiger partial charge in [-0.15, -0.1) is 0 Å². The van der Waals surface area contributed by atoms with Crippen molar-refractivity contribution in [3.8, 4) is 0 Å². The fourth-order valence-electron chi connectivity index (χ4n) is 2.08. The Morgan fingerprint density at radius 3 is 2.50 bits per heavy atom. The Labute approximate surface area is 117 Å². The number of anilines is 2. The van der Waals surface area contributed by atoms with Gasteiger partial charge < -0.3 is 10.2 Å². The van der Waals surface area contributed by atoms with Gasteiger partial charge in [-0.25, -0.2) is 0 Å². The number of hydrogen-bond donors (Lipinski definition) is 1. The first-order valence-corrected chi connectivity index (χ1v) is 7.12. The summed E-state index contributed by atoms with van der Waals surface area (Å²) in [6, 6.07) is 8.01. The summed E-state index contributed by atoms with van der Waals surface area (Å²) in [5, 5.41) is 3.00. The van der Waals surface area contributed by atoms with Crippen molar-refractivity contribution in [3.05, 3.63) is 24.3 Å². The van der Waals surface area contributed by atoms with Gasteiger partial charge in [0.25, 0.3) is 0 Å². The molecule has 1 saturated heterocycles. The zero-order chi connectivity index (χ0) is 13.2. The number of amides is 1. The van der Waals surface area contributed by atoms with Crippen LogP contribution in [-0.2, 0) is 4.79 Å².